The second kappa shape index (κ2) is 11.7. The molecule has 0 aliphatic heterocycles. The molecule has 2 heterocycles. The smallest absolute Gasteiger partial charge is 0.224 e. The first-order chi connectivity index (χ1) is 17.4. The third-order valence-corrected chi connectivity index (χ3v) is 6.51. The highest BCUT2D eigenvalue weighted by atomic mass is 16.5. The SMILES string of the molecule is COc1ccc2[nH]c(C)c(CC(=O)NC(CCCCC(C)=O)Cc3ncc(-c4ccccc4)[nH]3)c2c1. The van der Waals surface area contributed by atoms with E-state index in [4.69, 9.17) is 4.74 Å². The number of unbranched alkanes of at least 4 members (excludes halogenated alkanes) is 1. The Morgan fingerprint density at radius 3 is 2.64 bits per heavy atom. The second-order valence-corrected chi connectivity index (χ2v) is 9.34. The molecule has 4 rings (SSSR count). The van der Waals surface area contributed by atoms with Crippen molar-refractivity contribution < 1.29 is 14.3 Å². The number of aromatic nitrogens is 3. The van der Waals surface area contributed by atoms with Crippen LogP contribution in [0.1, 0.15) is 49.7 Å². The summed E-state index contributed by atoms with van der Waals surface area (Å²) in [5.74, 6) is 1.75. The quantitative estimate of drug-likeness (QED) is 0.237. The van der Waals surface area contributed by atoms with E-state index in [1.807, 2.05) is 61.7 Å². The van der Waals surface area contributed by atoms with Crippen LogP contribution in [0.25, 0.3) is 22.2 Å². The number of fused-ring (bicyclic) bond motifs is 1. The van der Waals surface area contributed by atoms with Crippen LogP contribution < -0.4 is 10.1 Å². The van der Waals surface area contributed by atoms with Crippen molar-refractivity contribution in [3.63, 3.8) is 0 Å². The molecule has 1 atom stereocenters. The first kappa shape index (κ1) is 25.2. The average Bonchev–Trinajstić information content (AvgIpc) is 3.46. The maximum Gasteiger partial charge on any atom is 0.224 e. The number of ketones is 1. The largest absolute Gasteiger partial charge is 0.497 e. The lowest BCUT2D eigenvalue weighted by Gasteiger charge is -2.18. The summed E-state index contributed by atoms with van der Waals surface area (Å²) < 4.78 is 5.38. The topological polar surface area (TPSA) is 99.9 Å². The maximum atomic E-state index is 13.2. The number of aryl methyl sites for hydroxylation is 1. The lowest BCUT2D eigenvalue weighted by Crippen LogP contribution is -2.37. The van der Waals surface area contributed by atoms with Crippen molar-refractivity contribution in [2.75, 3.05) is 7.11 Å². The Morgan fingerprint density at radius 2 is 1.89 bits per heavy atom. The van der Waals surface area contributed by atoms with Crippen LogP contribution in [0, 0.1) is 6.92 Å². The molecule has 0 saturated heterocycles. The number of amides is 1. The summed E-state index contributed by atoms with van der Waals surface area (Å²) >= 11 is 0. The first-order valence-corrected chi connectivity index (χ1v) is 12.5. The first-order valence-electron chi connectivity index (χ1n) is 12.5. The van der Waals surface area contributed by atoms with Crippen LogP contribution >= 0.6 is 0 Å². The van der Waals surface area contributed by atoms with Crippen molar-refractivity contribution in [1.82, 2.24) is 20.3 Å². The Labute approximate surface area is 211 Å². The minimum absolute atomic E-state index is 0.0340. The van der Waals surface area contributed by atoms with Gasteiger partial charge in [-0.15, -0.1) is 0 Å². The Balaban J connectivity index is 1.46. The third-order valence-electron chi connectivity index (χ3n) is 6.51. The van der Waals surface area contributed by atoms with Gasteiger partial charge in [0.2, 0.25) is 5.91 Å². The maximum absolute atomic E-state index is 13.2. The molecule has 0 fully saturated rings. The van der Waals surface area contributed by atoms with Gasteiger partial charge < -0.3 is 24.8 Å². The monoisotopic (exact) mass is 486 g/mol. The highest BCUT2D eigenvalue weighted by Crippen LogP contribution is 2.27. The van der Waals surface area contributed by atoms with E-state index in [0.29, 0.717) is 12.8 Å². The number of nitrogens with zero attached hydrogens (tertiary/aromatic N) is 1. The number of rotatable bonds is 12. The number of nitrogens with one attached hydrogen (secondary N) is 3. The molecule has 0 radical (unpaired) electrons. The minimum atomic E-state index is -0.0840. The molecule has 2 aromatic carbocycles. The molecule has 0 aliphatic carbocycles. The van der Waals surface area contributed by atoms with E-state index in [0.717, 1.165) is 64.3 Å². The molecule has 0 spiro atoms. The van der Waals surface area contributed by atoms with Gasteiger partial charge >= 0.3 is 0 Å². The summed E-state index contributed by atoms with van der Waals surface area (Å²) in [4.78, 5) is 35.9. The summed E-state index contributed by atoms with van der Waals surface area (Å²) in [6.07, 6.45) is 5.73. The number of hydrogen-bond donors (Lipinski definition) is 3. The van der Waals surface area contributed by atoms with E-state index >= 15 is 0 Å². The molecule has 7 heteroatoms. The number of aromatic amines is 2. The summed E-state index contributed by atoms with van der Waals surface area (Å²) in [5.41, 5.74) is 4.96. The zero-order valence-corrected chi connectivity index (χ0v) is 21.2. The highest BCUT2D eigenvalue weighted by Gasteiger charge is 2.18. The van der Waals surface area contributed by atoms with E-state index in [-0.39, 0.29) is 24.2 Å². The standard InChI is InChI=1S/C29H34N4O3/c1-19(34)9-7-8-12-22(15-28-30-18-27(33-28)21-10-5-4-6-11-21)32-29(35)17-24-20(2)31-26-14-13-23(36-3)16-25(24)26/h4-6,10-11,13-14,16,18,22,31H,7-9,12,15,17H2,1-3H3,(H,30,33)(H,32,35). The van der Waals surface area contributed by atoms with Crippen LogP contribution in [0.5, 0.6) is 5.75 Å². The van der Waals surface area contributed by atoms with Crippen molar-refractivity contribution in [1.29, 1.82) is 0 Å². The molecule has 3 N–H and O–H groups in total. The van der Waals surface area contributed by atoms with Crippen molar-refractivity contribution in [2.24, 2.45) is 0 Å². The number of Topliss-reactive ketones (excluding diaryl/α,β-unsaturated/α-hetero) is 1. The molecular formula is C29H34N4O3. The van der Waals surface area contributed by atoms with E-state index in [1.54, 1.807) is 14.0 Å². The summed E-state index contributed by atoms with van der Waals surface area (Å²) in [7, 11) is 1.64. The normalized spacial score (nSPS) is 12.0. The van der Waals surface area contributed by atoms with Crippen molar-refractivity contribution >= 4 is 22.6 Å². The summed E-state index contributed by atoms with van der Waals surface area (Å²) in [6, 6.07) is 15.8. The van der Waals surface area contributed by atoms with E-state index < -0.39 is 0 Å². The fourth-order valence-corrected chi connectivity index (χ4v) is 4.61. The van der Waals surface area contributed by atoms with Crippen LogP contribution in [0.2, 0.25) is 0 Å². The molecule has 4 aromatic rings. The molecule has 188 valence electrons. The van der Waals surface area contributed by atoms with Gasteiger partial charge in [0.25, 0.3) is 0 Å². The number of benzene rings is 2. The van der Waals surface area contributed by atoms with Gasteiger partial charge in [-0.1, -0.05) is 36.8 Å². The number of methoxy groups -OCH3 is 1. The van der Waals surface area contributed by atoms with Gasteiger partial charge in [-0.3, -0.25) is 4.79 Å². The van der Waals surface area contributed by atoms with Crippen molar-refractivity contribution in [3.8, 4) is 17.0 Å². The number of carbonyl (C=O) groups is 2. The van der Waals surface area contributed by atoms with Crippen LogP contribution in [0.15, 0.2) is 54.7 Å². The molecule has 0 aliphatic rings. The Bertz CT molecular complexity index is 1320. The molecule has 2 aromatic heterocycles. The lowest BCUT2D eigenvalue weighted by molar-refractivity contribution is -0.121. The molecule has 36 heavy (non-hydrogen) atoms. The van der Waals surface area contributed by atoms with Crippen LogP contribution in [0.4, 0.5) is 0 Å². The Morgan fingerprint density at radius 1 is 1.08 bits per heavy atom. The molecule has 0 saturated carbocycles. The van der Waals surface area contributed by atoms with Gasteiger partial charge in [-0.2, -0.15) is 0 Å². The lowest BCUT2D eigenvalue weighted by atomic mass is 10.0. The van der Waals surface area contributed by atoms with Crippen molar-refractivity contribution in [2.45, 2.75) is 58.4 Å². The van der Waals surface area contributed by atoms with Crippen LogP contribution in [0.3, 0.4) is 0 Å². The third kappa shape index (κ3) is 6.42. The zero-order chi connectivity index (χ0) is 25.5. The number of H-pyrrole nitrogens is 2. The molecular weight excluding hydrogens is 452 g/mol. The highest BCUT2D eigenvalue weighted by molar-refractivity contribution is 5.91. The predicted octanol–water partition coefficient (Wildman–Crippen LogP) is 5.29. The Kier molecular flexibility index (Phi) is 8.21. The van der Waals surface area contributed by atoms with Gasteiger partial charge in [-0.05, 0) is 56.0 Å². The molecule has 0 bridgehead atoms. The van der Waals surface area contributed by atoms with Gasteiger partial charge in [0.1, 0.15) is 17.4 Å². The van der Waals surface area contributed by atoms with Crippen LogP contribution in [-0.4, -0.2) is 39.8 Å². The zero-order valence-electron chi connectivity index (χ0n) is 21.2. The predicted molar refractivity (Wildman–Crippen MR) is 142 cm³/mol. The van der Waals surface area contributed by atoms with Gasteiger partial charge in [-0.25, -0.2) is 4.98 Å². The van der Waals surface area contributed by atoms with Crippen LogP contribution in [-0.2, 0) is 22.4 Å². The number of imidazole rings is 1. The van der Waals surface area contributed by atoms with Gasteiger partial charge in [0.15, 0.2) is 0 Å². The van der Waals surface area contributed by atoms with Gasteiger partial charge in [0, 0.05) is 35.5 Å². The fraction of sp³-hybridized carbons (Fsp3) is 0.345. The molecule has 1 unspecified atom stereocenters. The van der Waals surface area contributed by atoms with Gasteiger partial charge in [0.05, 0.1) is 25.4 Å². The summed E-state index contributed by atoms with van der Waals surface area (Å²) in [5, 5.41) is 4.23. The molecule has 1 amide bonds. The minimum Gasteiger partial charge on any atom is -0.497 e. The number of hydrogen-bond acceptors (Lipinski definition) is 4. The van der Waals surface area contributed by atoms with E-state index in [2.05, 4.69) is 20.3 Å². The summed E-state index contributed by atoms with van der Waals surface area (Å²) in [6.45, 7) is 3.61. The Hall–Kier alpha value is -3.87. The average molecular weight is 487 g/mol. The number of ether oxygens (including phenoxy) is 1. The number of carbonyl (C=O) groups excluding carboxylic acids is 2. The van der Waals surface area contributed by atoms with E-state index in [1.165, 1.54) is 0 Å². The second-order valence-electron chi connectivity index (χ2n) is 9.34. The molecule has 7 nitrogen and oxygen atoms in total. The van der Waals surface area contributed by atoms with Crippen molar-refractivity contribution in [3.05, 3.63) is 71.8 Å². The van der Waals surface area contributed by atoms with E-state index in [9.17, 15) is 9.59 Å². The fourth-order valence-electron chi connectivity index (χ4n) is 4.61.